The van der Waals surface area contributed by atoms with Crippen molar-refractivity contribution < 1.29 is 14.3 Å². The number of carboxylic acid groups (broad SMARTS) is 1. The Hall–Kier alpha value is -3.55. The molecule has 0 fully saturated rings. The summed E-state index contributed by atoms with van der Waals surface area (Å²) in [7, 11) is 0. The Labute approximate surface area is 197 Å². The minimum Gasteiger partial charge on any atom is -0.481 e. The van der Waals surface area contributed by atoms with Gasteiger partial charge in [0.1, 0.15) is 5.82 Å². The van der Waals surface area contributed by atoms with Gasteiger partial charge in [0.15, 0.2) is 0 Å². The molecule has 166 valence electrons. The molecule has 5 aromatic rings. The van der Waals surface area contributed by atoms with Gasteiger partial charge in [-0.15, -0.1) is 11.3 Å². The van der Waals surface area contributed by atoms with Gasteiger partial charge < -0.3 is 21.1 Å². The van der Waals surface area contributed by atoms with Crippen LogP contribution >= 0.6 is 22.9 Å². The number of carboxylic acids is 1. The second-order valence-electron chi connectivity index (χ2n) is 8.00. The fourth-order valence-electron chi connectivity index (χ4n) is 4.21. The summed E-state index contributed by atoms with van der Waals surface area (Å²) in [6, 6.07) is 14.3. The van der Waals surface area contributed by atoms with Crippen LogP contribution in [-0.2, 0) is 17.8 Å². The lowest BCUT2D eigenvalue weighted by atomic mass is 10.0. The van der Waals surface area contributed by atoms with Crippen LogP contribution in [0.3, 0.4) is 0 Å². The van der Waals surface area contributed by atoms with Crippen molar-refractivity contribution in [1.82, 2.24) is 4.57 Å². The average molecular weight is 480 g/mol. The van der Waals surface area contributed by atoms with Crippen LogP contribution in [0.4, 0.5) is 15.8 Å². The SMILES string of the molecule is Nc1cc(N)cc(-c2ccc3c(CC(=O)O)cn(Cc4csc5cc(Cl)c(F)cc45)c3c2)c1. The number of benzene rings is 3. The van der Waals surface area contributed by atoms with E-state index in [-0.39, 0.29) is 11.4 Å². The van der Waals surface area contributed by atoms with Gasteiger partial charge in [0.25, 0.3) is 0 Å². The molecule has 0 saturated carbocycles. The highest BCUT2D eigenvalue weighted by Crippen LogP contribution is 2.34. The quantitative estimate of drug-likeness (QED) is 0.263. The van der Waals surface area contributed by atoms with Crippen molar-refractivity contribution in [2.24, 2.45) is 0 Å². The molecule has 0 unspecified atom stereocenters. The number of nitrogens with two attached hydrogens (primary N) is 2. The number of aliphatic carboxylic acids is 1. The van der Waals surface area contributed by atoms with Crippen LogP contribution in [0, 0.1) is 5.82 Å². The summed E-state index contributed by atoms with van der Waals surface area (Å²) in [6.45, 7) is 0.458. The number of aromatic nitrogens is 1. The maximum Gasteiger partial charge on any atom is 0.307 e. The third-order valence-electron chi connectivity index (χ3n) is 5.65. The molecule has 2 heterocycles. The number of nitrogens with zero attached hydrogens (tertiary/aromatic N) is 1. The number of hydrogen-bond donors (Lipinski definition) is 3. The Morgan fingerprint density at radius 3 is 2.48 bits per heavy atom. The van der Waals surface area contributed by atoms with Gasteiger partial charge in [-0.3, -0.25) is 4.79 Å². The van der Waals surface area contributed by atoms with E-state index in [9.17, 15) is 14.3 Å². The maximum atomic E-state index is 14.1. The van der Waals surface area contributed by atoms with E-state index >= 15 is 0 Å². The molecule has 2 aromatic heterocycles. The van der Waals surface area contributed by atoms with Crippen molar-refractivity contribution in [3.63, 3.8) is 0 Å². The molecule has 0 bridgehead atoms. The van der Waals surface area contributed by atoms with Crippen molar-refractivity contribution in [2.45, 2.75) is 13.0 Å². The Bertz CT molecular complexity index is 1540. The lowest BCUT2D eigenvalue weighted by molar-refractivity contribution is -0.136. The van der Waals surface area contributed by atoms with E-state index in [1.165, 1.54) is 17.4 Å². The molecule has 5 nitrogen and oxygen atoms in total. The molecule has 0 aliphatic carbocycles. The van der Waals surface area contributed by atoms with Crippen molar-refractivity contribution in [3.05, 3.63) is 82.1 Å². The van der Waals surface area contributed by atoms with E-state index in [1.54, 1.807) is 12.1 Å². The Kier molecular flexibility index (Phi) is 5.23. The van der Waals surface area contributed by atoms with Gasteiger partial charge in [0.05, 0.1) is 11.4 Å². The zero-order valence-corrected chi connectivity index (χ0v) is 18.9. The van der Waals surface area contributed by atoms with E-state index in [0.29, 0.717) is 23.5 Å². The standard InChI is InChI=1S/C25H19ClFN3O2S/c26-21-9-24-20(8-22(21)27)16(12-33-24)11-30-10-15(6-25(31)32)19-2-1-13(5-23(19)30)14-3-17(28)7-18(29)4-14/h1-5,7-10,12H,6,11,28-29H2,(H,31,32). The summed E-state index contributed by atoms with van der Waals surface area (Å²) in [5.74, 6) is -1.37. The molecule has 5 rings (SSSR count). The normalized spacial score (nSPS) is 11.5. The zero-order chi connectivity index (χ0) is 23.3. The van der Waals surface area contributed by atoms with Gasteiger partial charge >= 0.3 is 5.97 Å². The molecule has 0 atom stereocenters. The molecule has 0 spiro atoms. The van der Waals surface area contributed by atoms with Crippen LogP contribution in [0.2, 0.25) is 5.02 Å². The largest absolute Gasteiger partial charge is 0.481 e. The summed E-state index contributed by atoms with van der Waals surface area (Å²) in [4.78, 5) is 11.5. The van der Waals surface area contributed by atoms with E-state index in [0.717, 1.165) is 37.7 Å². The Balaban J connectivity index is 1.65. The van der Waals surface area contributed by atoms with Gasteiger partial charge in [-0.2, -0.15) is 0 Å². The highest BCUT2D eigenvalue weighted by molar-refractivity contribution is 7.17. The fraction of sp³-hybridized carbons (Fsp3) is 0.0800. The predicted octanol–water partition coefficient (Wildman–Crippen LogP) is 6.16. The lowest BCUT2D eigenvalue weighted by Gasteiger charge is -2.09. The first-order chi connectivity index (χ1) is 15.8. The molecule has 0 radical (unpaired) electrons. The van der Waals surface area contributed by atoms with Crippen LogP contribution in [0.1, 0.15) is 11.1 Å². The summed E-state index contributed by atoms with van der Waals surface area (Å²) in [5.41, 5.74) is 17.4. The third-order valence-corrected chi connectivity index (χ3v) is 6.94. The second-order valence-corrected chi connectivity index (χ2v) is 9.31. The second kappa shape index (κ2) is 8.10. The topological polar surface area (TPSA) is 94.3 Å². The number of hydrogen-bond acceptors (Lipinski definition) is 4. The maximum absolute atomic E-state index is 14.1. The summed E-state index contributed by atoms with van der Waals surface area (Å²) in [6.07, 6.45) is 1.76. The summed E-state index contributed by atoms with van der Waals surface area (Å²) in [5, 5.41) is 13.1. The number of rotatable bonds is 5. The van der Waals surface area contributed by atoms with Crippen LogP contribution < -0.4 is 11.5 Å². The van der Waals surface area contributed by atoms with Gasteiger partial charge in [-0.1, -0.05) is 23.7 Å². The smallest absolute Gasteiger partial charge is 0.307 e. The Morgan fingerprint density at radius 2 is 1.76 bits per heavy atom. The van der Waals surface area contributed by atoms with Gasteiger partial charge in [-0.25, -0.2) is 4.39 Å². The van der Waals surface area contributed by atoms with E-state index in [4.69, 9.17) is 23.1 Å². The van der Waals surface area contributed by atoms with Crippen molar-refractivity contribution >= 4 is 61.3 Å². The number of thiophene rings is 1. The summed E-state index contributed by atoms with van der Waals surface area (Å²) < 4.78 is 17.0. The van der Waals surface area contributed by atoms with Gasteiger partial charge in [0, 0.05) is 45.1 Å². The molecule has 0 saturated heterocycles. The average Bonchev–Trinajstić information content (AvgIpc) is 3.28. The molecule has 33 heavy (non-hydrogen) atoms. The minimum absolute atomic E-state index is 0.0945. The molecule has 8 heteroatoms. The lowest BCUT2D eigenvalue weighted by Crippen LogP contribution is -2.00. The molecule has 0 amide bonds. The van der Waals surface area contributed by atoms with Crippen LogP contribution in [0.15, 0.2) is 60.1 Å². The Morgan fingerprint density at radius 1 is 1.00 bits per heavy atom. The molecular formula is C25H19ClFN3O2S. The zero-order valence-electron chi connectivity index (χ0n) is 17.3. The minimum atomic E-state index is -0.903. The molecule has 3 aromatic carbocycles. The van der Waals surface area contributed by atoms with Crippen LogP contribution in [0.5, 0.6) is 0 Å². The van der Waals surface area contributed by atoms with Gasteiger partial charge in [0.2, 0.25) is 0 Å². The number of fused-ring (bicyclic) bond motifs is 2. The highest BCUT2D eigenvalue weighted by atomic mass is 35.5. The molecular weight excluding hydrogens is 461 g/mol. The van der Waals surface area contributed by atoms with Crippen LogP contribution in [0.25, 0.3) is 32.1 Å². The number of nitrogen functional groups attached to an aromatic ring is 2. The molecule has 0 aliphatic heterocycles. The first-order valence-electron chi connectivity index (χ1n) is 10.1. The first kappa shape index (κ1) is 21.3. The predicted molar refractivity (Wildman–Crippen MR) is 133 cm³/mol. The fourth-order valence-corrected chi connectivity index (χ4v) is 5.41. The first-order valence-corrected chi connectivity index (χ1v) is 11.4. The molecule has 0 aliphatic rings. The van der Waals surface area contributed by atoms with Crippen molar-refractivity contribution in [3.8, 4) is 11.1 Å². The van der Waals surface area contributed by atoms with Gasteiger partial charge in [-0.05, 0) is 64.0 Å². The number of halogens is 2. The number of carbonyl (C=O) groups is 1. The van der Waals surface area contributed by atoms with Crippen molar-refractivity contribution in [2.75, 3.05) is 11.5 Å². The summed E-state index contributed by atoms with van der Waals surface area (Å²) >= 11 is 7.43. The van der Waals surface area contributed by atoms with E-state index < -0.39 is 11.8 Å². The highest BCUT2D eigenvalue weighted by Gasteiger charge is 2.15. The van der Waals surface area contributed by atoms with E-state index in [1.807, 2.05) is 46.5 Å². The monoisotopic (exact) mass is 479 g/mol. The third kappa shape index (κ3) is 4.01. The van der Waals surface area contributed by atoms with E-state index in [2.05, 4.69) is 0 Å². The van der Waals surface area contributed by atoms with Crippen LogP contribution in [-0.4, -0.2) is 15.6 Å². The van der Waals surface area contributed by atoms with Crippen molar-refractivity contribution in [1.29, 1.82) is 0 Å². The number of anilines is 2. The molecule has 5 N–H and O–H groups in total.